The van der Waals surface area contributed by atoms with Gasteiger partial charge in [0, 0.05) is 11.1 Å². The molecule has 37 heavy (non-hydrogen) atoms. The zero-order chi connectivity index (χ0) is 26.2. The van der Waals surface area contributed by atoms with E-state index in [-0.39, 0.29) is 35.4 Å². The lowest BCUT2D eigenvalue weighted by Crippen LogP contribution is -2.67. The Morgan fingerprint density at radius 2 is 1.22 bits per heavy atom. The molecule has 5 heteroatoms. The van der Waals surface area contributed by atoms with Crippen LogP contribution in [0.3, 0.4) is 0 Å². The number of hydrogen-bond acceptors (Lipinski definition) is 4. The fourth-order valence-electron chi connectivity index (χ4n) is 8.03. The van der Waals surface area contributed by atoms with Crippen molar-refractivity contribution in [2.45, 2.75) is 185 Å². The summed E-state index contributed by atoms with van der Waals surface area (Å²) in [6.45, 7) is 6.99. The Bertz CT molecular complexity index is 666. The van der Waals surface area contributed by atoms with Crippen LogP contribution >= 0.6 is 0 Å². The number of amides is 1. The van der Waals surface area contributed by atoms with Gasteiger partial charge >= 0.3 is 0 Å². The third-order valence-electron chi connectivity index (χ3n) is 10.3. The number of ether oxygens (including phenoxy) is 2. The average molecular weight is 519 g/mol. The molecule has 0 heterocycles. The highest BCUT2D eigenvalue weighted by molar-refractivity contribution is 5.78. The van der Waals surface area contributed by atoms with Gasteiger partial charge in [-0.05, 0) is 90.9 Å². The number of hydrogen-bond donors (Lipinski definition) is 2. The summed E-state index contributed by atoms with van der Waals surface area (Å²) < 4.78 is 12.9. The minimum absolute atomic E-state index is 0.0283. The number of carbonyl (C=O) groups excluding carboxylic acids is 1. The van der Waals surface area contributed by atoms with E-state index < -0.39 is 0 Å². The lowest BCUT2D eigenvalue weighted by molar-refractivity contribution is -0.140. The second-order valence-electron chi connectivity index (χ2n) is 13.8. The van der Waals surface area contributed by atoms with Crippen LogP contribution in [0.1, 0.15) is 156 Å². The Balaban J connectivity index is 1.21. The van der Waals surface area contributed by atoms with Crippen molar-refractivity contribution in [2.24, 2.45) is 5.92 Å². The Hall–Kier alpha value is -0.650. The van der Waals surface area contributed by atoms with Crippen molar-refractivity contribution in [3.05, 3.63) is 0 Å². The molecule has 1 unspecified atom stereocenters. The third-order valence-corrected chi connectivity index (χ3v) is 10.3. The first-order chi connectivity index (χ1) is 17.8. The fraction of sp³-hybridized carbons (Fsp3) is 0.969. The van der Waals surface area contributed by atoms with Crippen molar-refractivity contribution in [2.75, 3.05) is 6.61 Å². The molecule has 0 aromatic rings. The smallest absolute Gasteiger partial charge is 0.246 e. The van der Waals surface area contributed by atoms with E-state index in [1.165, 1.54) is 83.5 Å². The van der Waals surface area contributed by atoms with Crippen LogP contribution in [0.5, 0.6) is 0 Å². The summed E-state index contributed by atoms with van der Waals surface area (Å²) in [4.78, 5) is 12.9. The van der Waals surface area contributed by atoms with Crippen LogP contribution in [-0.2, 0) is 14.3 Å². The lowest BCUT2D eigenvalue weighted by Gasteiger charge is -2.56. The molecule has 2 N–H and O–H groups in total. The maximum atomic E-state index is 12.9. The molecule has 5 nitrogen and oxygen atoms in total. The van der Waals surface area contributed by atoms with Gasteiger partial charge in [-0.15, -0.1) is 0 Å². The molecule has 5 aliphatic rings. The zero-order valence-corrected chi connectivity index (χ0v) is 24.5. The molecule has 214 valence electrons. The quantitative estimate of drug-likeness (QED) is 0.309. The summed E-state index contributed by atoms with van der Waals surface area (Å²) in [5, 5.41) is 7.43. The molecule has 0 aromatic heterocycles. The van der Waals surface area contributed by atoms with Gasteiger partial charge < -0.3 is 14.8 Å². The summed E-state index contributed by atoms with van der Waals surface area (Å²) in [5.74, 6) is 0.785. The molecule has 0 aliphatic heterocycles. The maximum absolute atomic E-state index is 12.9. The molecular formula is C32H58N2O3. The first kappa shape index (κ1) is 29.3. The van der Waals surface area contributed by atoms with Crippen LogP contribution < -0.4 is 10.6 Å². The van der Waals surface area contributed by atoms with Crippen molar-refractivity contribution in [1.29, 1.82) is 0 Å². The molecule has 5 fully saturated rings. The predicted molar refractivity (Wildman–Crippen MR) is 152 cm³/mol. The van der Waals surface area contributed by atoms with Crippen LogP contribution in [0.4, 0.5) is 0 Å². The van der Waals surface area contributed by atoms with Gasteiger partial charge in [0.15, 0.2) is 0 Å². The van der Waals surface area contributed by atoms with E-state index in [4.69, 9.17) is 9.47 Å². The van der Waals surface area contributed by atoms with Crippen molar-refractivity contribution >= 4 is 5.91 Å². The number of nitrogens with one attached hydrogen (secondary N) is 2. The molecule has 0 aromatic carbocycles. The van der Waals surface area contributed by atoms with Gasteiger partial charge in [0.1, 0.15) is 12.3 Å². The van der Waals surface area contributed by atoms with Gasteiger partial charge in [-0.1, -0.05) is 70.6 Å². The first-order valence-electron chi connectivity index (χ1n) is 16.2. The van der Waals surface area contributed by atoms with Gasteiger partial charge in [-0.3, -0.25) is 10.1 Å². The SMILES string of the molecule is CC(OC(C)(C)NC12CCC(NC(=O)COC3CCCCCCCC3)(CC1)CC2)C1CCCCCCC1. The molecule has 5 rings (SSSR count). The molecule has 1 amide bonds. The summed E-state index contributed by atoms with van der Waals surface area (Å²) in [6.07, 6.45) is 26.7. The van der Waals surface area contributed by atoms with E-state index in [0.29, 0.717) is 12.0 Å². The summed E-state index contributed by atoms with van der Waals surface area (Å²) in [5.41, 5.74) is -0.212. The summed E-state index contributed by atoms with van der Waals surface area (Å²) in [6, 6.07) is 0. The number of carbonyl (C=O) groups is 1. The zero-order valence-electron chi connectivity index (χ0n) is 24.5. The van der Waals surface area contributed by atoms with Crippen molar-refractivity contribution in [3.63, 3.8) is 0 Å². The van der Waals surface area contributed by atoms with Crippen molar-refractivity contribution in [1.82, 2.24) is 10.6 Å². The number of fused-ring (bicyclic) bond motifs is 3. The van der Waals surface area contributed by atoms with Crippen LogP contribution in [-0.4, -0.2) is 41.5 Å². The largest absolute Gasteiger partial charge is 0.368 e. The molecular weight excluding hydrogens is 460 g/mol. The molecule has 2 bridgehead atoms. The third kappa shape index (κ3) is 8.93. The highest BCUT2D eigenvalue weighted by atomic mass is 16.5. The minimum atomic E-state index is -0.327. The van der Waals surface area contributed by atoms with Gasteiger partial charge in [0.25, 0.3) is 0 Å². The Kier molecular flexibility index (Phi) is 10.8. The monoisotopic (exact) mass is 518 g/mol. The van der Waals surface area contributed by atoms with E-state index in [2.05, 4.69) is 31.4 Å². The molecule has 0 saturated heterocycles. The standard InChI is InChI=1S/C32H58N2O3/c1-26(27-15-11-7-6-8-12-16-27)37-30(2,3)34-32-22-19-31(20-23-32,21-24-32)33-29(35)25-36-28-17-13-9-4-5-10-14-18-28/h26-28,34H,4-25H2,1-3H3,(H,33,35). The van der Waals surface area contributed by atoms with Crippen LogP contribution in [0.15, 0.2) is 0 Å². The molecule has 1 atom stereocenters. The van der Waals surface area contributed by atoms with E-state index in [9.17, 15) is 4.79 Å². The van der Waals surface area contributed by atoms with Gasteiger partial charge in [-0.2, -0.15) is 0 Å². The number of rotatable bonds is 9. The van der Waals surface area contributed by atoms with E-state index in [1.54, 1.807) is 0 Å². The maximum Gasteiger partial charge on any atom is 0.246 e. The second-order valence-corrected chi connectivity index (χ2v) is 13.8. The molecule has 0 spiro atoms. The van der Waals surface area contributed by atoms with Crippen LogP contribution in [0.25, 0.3) is 0 Å². The highest BCUT2D eigenvalue weighted by Crippen LogP contribution is 2.48. The highest BCUT2D eigenvalue weighted by Gasteiger charge is 2.51. The molecule has 5 saturated carbocycles. The minimum Gasteiger partial charge on any atom is -0.368 e. The average Bonchev–Trinajstić information content (AvgIpc) is 2.97. The topological polar surface area (TPSA) is 59.6 Å². The van der Waals surface area contributed by atoms with E-state index >= 15 is 0 Å². The Morgan fingerprint density at radius 1 is 0.757 bits per heavy atom. The lowest BCUT2D eigenvalue weighted by atomic mass is 9.61. The van der Waals surface area contributed by atoms with Crippen molar-refractivity contribution in [3.8, 4) is 0 Å². The van der Waals surface area contributed by atoms with E-state index in [0.717, 1.165) is 51.4 Å². The van der Waals surface area contributed by atoms with Crippen LogP contribution in [0, 0.1) is 5.92 Å². The Labute approximate surface area is 228 Å². The van der Waals surface area contributed by atoms with Crippen molar-refractivity contribution < 1.29 is 14.3 Å². The first-order valence-corrected chi connectivity index (χ1v) is 16.2. The summed E-state index contributed by atoms with van der Waals surface area (Å²) >= 11 is 0. The molecule has 5 aliphatic carbocycles. The van der Waals surface area contributed by atoms with E-state index in [1.807, 2.05) is 0 Å². The fourth-order valence-corrected chi connectivity index (χ4v) is 8.03. The van der Waals surface area contributed by atoms with Gasteiger partial charge in [-0.25, -0.2) is 0 Å². The second kappa shape index (κ2) is 13.6. The van der Waals surface area contributed by atoms with Gasteiger partial charge in [0.2, 0.25) is 5.91 Å². The Morgan fingerprint density at radius 3 is 1.76 bits per heavy atom. The normalized spacial score (nSPS) is 32.0. The summed E-state index contributed by atoms with van der Waals surface area (Å²) in [7, 11) is 0. The van der Waals surface area contributed by atoms with Crippen LogP contribution in [0.2, 0.25) is 0 Å². The predicted octanol–water partition coefficient (Wildman–Crippen LogP) is 7.56. The van der Waals surface area contributed by atoms with Gasteiger partial charge in [0.05, 0.1) is 12.2 Å². The molecule has 0 radical (unpaired) electrons.